The van der Waals surface area contributed by atoms with Crippen molar-refractivity contribution in [3.8, 4) is 56.4 Å². The van der Waals surface area contributed by atoms with Gasteiger partial charge in [0.25, 0.3) is 0 Å². The van der Waals surface area contributed by atoms with Crippen molar-refractivity contribution in [2.45, 2.75) is 0 Å². The molecule has 0 fully saturated rings. The molecule has 3 aromatic heterocycles. The van der Waals surface area contributed by atoms with Crippen molar-refractivity contribution in [2.75, 3.05) is 0 Å². The minimum absolute atomic E-state index is 0.649. The first-order chi connectivity index (χ1) is 24.7. The number of nitrogens with zero attached hydrogens (tertiary/aromatic N) is 3. The molecule has 0 aliphatic heterocycles. The van der Waals surface area contributed by atoms with E-state index < -0.39 is 0 Å². The van der Waals surface area contributed by atoms with Crippen LogP contribution < -0.4 is 0 Å². The topological polar surface area (TPSA) is 51.8 Å². The monoisotopic (exact) mass is 657 g/mol. The summed E-state index contributed by atoms with van der Waals surface area (Å²) in [5, 5.41) is 4.75. The second-order valence-corrected chi connectivity index (χ2v) is 13.5. The number of hydrogen-bond donors (Lipinski definition) is 0. The summed E-state index contributed by atoms with van der Waals surface area (Å²) in [7, 11) is 0. The Morgan fingerprint density at radius 2 is 0.760 bits per heavy atom. The number of para-hydroxylation sites is 1. The molecule has 0 atom stereocenters. The van der Waals surface area contributed by atoms with Crippen LogP contribution in [0, 0.1) is 0 Å². The normalized spacial score (nSPS) is 11.6. The summed E-state index contributed by atoms with van der Waals surface area (Å²) in [6.07, 6.45) is 0. The summed E-state index contributed by atoms with van der Waals surface area (Å²) >= 11 is 1.79. The Morgan fingerprint density at radius 1 is 0.320 bits per heavy atom. The van der Waals surface area contributed by atoms with E-state index >= 15 is 0 Å². The van der Waals surface area contributed by atoms with Crippen LogP contribution in [0.5, 0.6) is 0 Å². The maximum absolute atomic E-state index is 6.19. The van der Waals surface area contributed by atoms with Crippen LogP contribution >= 0.6 is 11.3 Å². The lowest BCUT2D eigenvalue weighted by molar-refractivity contribution is 0.669. The van der Waals surface area contributed by atoms with Crippen molar-refractivity contribution in [3.63, 3.8) is 0 Å². The highest BCUT2D eigenvalue weighted by molar-refractivity contribution is 7.25. The zero-order valence-corrected chi connectivity index (χ0v) is 27.6. The van der Waals surface area contributed by atoms with E-state index in [1.807, 2.05) is 48.5 Å². The number of fused-ring (bicyclic) bond motifs is 6. The van der Waals surface area contributed by atoms with Crippen LogP contribution in [0.3, 0.4) is 0 Å². The van der Waals surface area contributed by atoms with Gasteiger partial charge in [-0.2, -0.15) is 0 Å². The molecule has 5 heteroatoms. The van der Waals surface area contributed by atoms with Crippen LogP contribution in [0.25, 0.3) is 98.5 Å². The molecule has 0 bridgehead atoms. The number of rotatable bonds is 5. The fraction of sp³-hybridized carbons (Fsp3) is 0. The van der Waals surface area contributed by atoms with E-state index in [4.69, 9.17) is 19.4 Å². The van der Waals surface area contributed by atoms with Gasteiger partial charge in [-0.3, -0.25) is 0 Å². The third kappa shape index (κ3) is 4.95. The molecule has 0 saturated heterocycles. The molecular formula is C45H27N3OS. The van der Waals surface area contributed by atoms with Gasteiger partial charge in [0.15, 0.2) is 17.5 Å². The van der Waals surface area contributed by atoms with Gasteiger partial charge in [-0.05, 0) is 52.6 Å². The van der Waals surface area contributed by atoms with Gasteiger partial charge >= 0.3 is 0 Å². The summed E-state index contributed by atoms with van der Waals surface area (Å²) in [5.74, 6) is 1.95. The highest BCUT2D eigenvalue weighted by atomic mass is 32.1. The number of furan rings is 1. The molecular weight excluding hydrogens is 631 g/mol. The van der Waals surface area contributed by atoms with Crippen LogP contribution in [0.1, 0.15) is 0 Å². The van der Waals surface area contributed by atoms with E-state index in [0.717, 1.165) is 49.8 Å². The maximum atomic E-state index is 6.19. The molecule has 10 rings (SSSR count). The third-order valence-electron chi connectivity index (χ3n) is 9.36. The Hall–Kier alpha value is -6.43. The average Bonchev–Trinajstić information content (AvgIpc) is 3.75. The van der Waals surface area contributed by atoms with Gasteiger partial charge in [-0.25, -0.2) is 15.0 Å². The zero-order chi connectivity index (χ0) is 33.0. The lowest BCUT2D eigenvalue weighted by Crippen LogP contribution is -2.00. The van der Waals surface area contributed by atoms with Gasteiger partial charge in [0.05, 0.1) is 0 Å². The minimum atomic E-state index is 0.649. The van der Waals surface area contributed by atoms with E-state index in [1.165, 1.54) is 31.3 Å². The predicted molar refractivity (Wildman–Crippen MR) is 207 cm³/mol. The molecule has 0 amide bonds. The maximum Gasteiger partial charge on any atom is 0.164 e. The molecule has 0 aliphatic rings. The first-order valence-corrected chi connectivity index (χ1v) is 17.4. The van der Waals surface area contributed by atoms with Crippen molar-refractivity contribution in [3.05, 3.63) is 164 Å². The van der Waals surface area contributed by atoms with Gasteiger partial charge in [0.1, 0.15) is 11.2 Å². The fourth-order valence-corrected chi connectivity index (χ4v) is 7.98. The molecule has 0 radical (unpaired) electrons. The van der Waals surface area contributed by atoms with Gasteiger partial charge in [-0.15, -0.1) is 11.3 Å². The quantitative estimate of drug-likeness (QED) is 0.185. The first-order valence-electron chi connectivity index (χ1n) is 16.6. The van der Waals surface area contributed by atoms with Crippen molar-refractivity contribution in [1.82, 2.24) is 15.0 Å². The smallest absolute Gasteiger partial charge is 0.164 e. The second kappa shape index (κ2) is 11.6. The highest BCUT2D eigenvalue weighted by Gasteiger charge is 2.15. The van der Waals surface area contributed by atoms with Crippen molar-refractivity contribution < 1.29 is 4.42 Å². The molecule has 0 unspecified atom stereocenters. The summed E-state index contributed by atoms with van der Waals surface area (Å²) in [5.41, 5.74) is 9.31. The van der Waals surface area contributed by atoms with Crippen molar-refractivity contribution in [2.24, 2.45) is 0 Å². The van der Waals surface area contributed by atoms with Crippen LogP contribution in [-0.4, -0.2) is 15.0 Å². The zero-order valence-electron chi connectivity index (χ0n) is 26.7. The van der Waals surface area contributed by atoms with Crippen LogP contribution in [0.4, 0.5) is 0 Å². The fourth-order valence-electron chi connectivity index (χ4n) is 6.79. The van der Waals surface area contributed by atoms with Crippen LogP contribution in [0.2, 0.25) is 0 Å². The molecule has 3 heterocycles. The Labute approximate surface area is 292 Å². The molecule has 0 spiro atoms. The Balaban J connectivity index is 1.04. The standard InChI is InChI=1S/C45H27N3OS/c1-3-9-28(10-4-1)29-15-17-31(18-16-29)44-46-43(30-11-5-2-6-12-30)47-45(48-44)34-21-24-38-37-23-20-33(26-41(37)50-42(38)27-34)32-19-22-36-35-13-7-8-14-39(35)49-40(36)25-32/h1-27H. The summed E-state index contributed by atoms with van der Waals surface area (Å²) in [4.78, 5) is 15.0. The predicted octanol–water partition coefficient (Wildman–Crippen LogP) is 12.5. The number of aromatic nitrogens is 3. The largest absolute Gasteiger partial charge is 0.456 e. The van der Waals surface area contributed by atoms with E-state index in [2.05, 4.69) is 115 Å². The second-order valence-electron chi connectivity index (χ2n) is 12.4. The summed E-state index contributed by atoms with van der Waals surface area (Å²) in [6, 6.07) is 56.9. The molecule has 50 heavy (non-hydrogen) atoms. The van der Waals surface area contributed by atoms with E-state index in [0.29, 0.717) is 17.5 Å². The summed E-state index contributed by atoms with van der Waals surface area (Å²) < 4.78 is 8.62. The number of thiophene rings is 1. The molecule has 4 nitrogen and oxygen atoms in total. The Kier molecular flexibility index (Phi) is 6.64. The van der Waals surface area contributed by atoms with Gasteiger partial charge in [0.2, 0.25) is 0 Å². The van der Waals surface area contributed by atoms with Gasteiger partial charge in [-0.1, -0.05) is 133 Å². The highest BCUT2D eigenvalue weighted by Crippen LogP contribution is 2.39. The van der Waals surface area contributed by atoms with E-state index in [1.54, 1.807) is 11.3 Å². The lowest BCUT2D eigenvalue weighted by Gasteiger charge is -2.09. The molecule has 10 aromatic rings. The summed E-state index contributed by atoms with van der Waals surface area (Å²) in [6.45, 7) is 0. The van der Waals surface area contributed by atoms with Gasteiger partial charge in [0, 0.05) is 47.6 Å². The van der Waals surface area contributed by atoms with E-state index in [9.17, 15) is 0 Å². The molecule has 0 saturated carbocycles. The molecule has 0 aliphatic carbocycles. The SMILES string of the molecule is c1ccc(-c2ccc(-c3nc(-c4ccccc4)nc(-c4ccc5c(c4)sc4cc(-c6ccc7c(c6)oc6ccccc67)ccc45)n3)cc2)cc1. The molecule has 0 N–H and O–H groups in total. The van der Waals surface area contributed by atoms with E-state index in [-0.39, 0.29) is 0 Å². The third-order valence-corrected chi connectivity index (χ3v) is 10.5. The van der Waals surface area contributed by atoms with Gasteiger partial charge < -0.3 is 4.42 Å². The van der Waals surface area contributed by atoms with Crippen molar-refractivity contribution >= 4 is 53.4 Å². The Morgan fingerprint density at radius 3 is 1.46 bits per heavy atom. The van der Waals surface area contributed by atoms with Crippen molar-refractivity contribution in [1.29, 1.82) is 0 Å². The Bertz CT molecular complexity index is 2860. The lowest BCUT2D eigenvalue weighted by atomic mass is 10.0. The van der Waals surface area contributed by atoms with Crippen LogP contribution in [-0.2, 0) is 0 Å². The molecule has 7 aromatic carbocycles. The van der Waals surface area contributed by atoms with Crippen LogP contribution in [0.15, 0.2) is 168 Å². The molecule has 234 valence electrons. The average molecular weight is 658 g/mol. The minimum Gasteiger partial charge on any atom is -0.456 e. The number of hydrogen-bond acceptors (Lipinski definition) is 5. The first kappa shape index (κ1) is 28.6. The number of benzene rings is 7.